The van der Waals surface area contributed by atoms with Gasteiger partial charge in [0.1, 0.15) is 0 Å². The topological polar surface area (TPSA) is 80.9 Å². The highest BCUT2D eigenvalue weighted by Crippen LogP contribution is 2.26. The Kier molecular flexibility index (Phi) is 4.95. The fourth-order valence-corrected chi connectivity index (χ4v) is 2.75. The van der Waals surface area contributed by atoms with Gasteiger partial charge in [-0.3, -0.25) is 9.78 Å². The molecule has 0 saturated heterocycles. The fraction of sp³-hybridized carbons (Fsp3) is 0.429. The van der Waals surface area contributed by atoms with E-state index < -0.39 is 5.97 Å². The number of nitrogens with zero attached hydrogens (tertiary/aromatic N) is 4. The second-order valence-corrected chi connectivity index (χ2v) is 5.67. The molecule has 0 radical (unpaired) electrons. The van der Waals surface area contributed by atoms with Crippen LogP contribution in [0.3, 0.4) is 0 Å². The van der Waals surface area contributed by atoms with Crippen molar-refractivity contribution in [1.29, 1.82) is 0 Å². The molecule has 2 rings (SSSR count). The molecule has 0 saturated carbocycles. The molecule has 0 spiro atoms. The van der Waals surface area contributed by atoms with E-state index in [-0.39, 0.29) is 5.75 Å². The highest BCUT2D eigenvalue weighted by Gasteiger charge is 2.16. The predicted octanol–water partition coefficient (Wildman–Crippen LogP) is 2.54. The Hall–Kier alpha value is -1.89. The third kappa shape index (κ3) is 3.60. The average molecular weight is 306 g/mol. The van der Waals surface area contributed by atoms with Gasteiger partial charge >= 0.3 is 5.97 Å². The summed E-state index contributed by atoms with van der Waals surface area (Å²) in [4.78, 5) is 15.2. The van der Waals surface area contributed by atoms with Crippen LogP contribution < -0.4 is 0 Å². The van der Waals surface area contributed by atoms with Crippen molar-refractivity contribution in [2.75, 3.05) is 5.75 Å². The molecule has 0 unspecified atom stereocenters. The molecule has 0 aliphatic carbocycles. The molecule has 0 aliphatic rings. The Morgan fingerprint density at radius 3 is 2.71 bits per heavy atom. The largest absolute Gasteiger partial charge is 0.481 e. The summed E-state index contributed by atoms with van der Waals surface area (Å²) in [6.45, 7) is 6.70. The van der Waals surface area contributed by atoms with E-state index in [1.165, 1.54) is 11.8 Å². The predicted molar refractivity (Wildman–Crippen MR) is 81.4 cm³/mol. The molecular weight excluding hydrogens is 288 g/mol. The number of rotatable bonds is 6. The Morgan fingerprint density at radius 2 is 2.10 bits per heavy atom. The minimum absolute atomic E-state index is 0.0209. The first kappa shape index (κ1) is 15.5. The SMILES string of the molecule is CCCn1c(SCC(=O)O)nnc1-c1ccc(C)nc1C. The molecule has 112 valence electrons. The molecule has 0 fully saturated rings. The second-order valence-electron chi connectivity index (χ2n) is 4.73. The number of hydrogen-bond acceptors (Lipinski definition) is 5. The molecule has 2 aromatic rings. The van der Waals surface area contributed by atoms with E-state index in [4.69, 9.17) is 5.11 Å². The van der Waals surface area contributed by atoms with E-state index >= 15 is 0 Å². The molecule has 2 heterocycles. The first-order valence-corrected chi connectivity index (χ1v) is 7.74. The van der Waals surface area contributed by atoms with Crippen LogP contribution in [0.4, 0.5) is 0 Å². The van der Waals surface area contributed by atoms with Crippen molar-refractivity contribution in [3.05, 3.63) is 23.5 Å². The van der Waals surface area contributed by atoms with Crippen LogP contribution in [0.25, 0.3) is 11.4 Å². The van der Waals surface area contributed by atoms with Gasteiger partial charge in [0, 0.05) is 23.5 Å². The van der Waals surface area contributed by atoms with Crippen LogP contribution in [0.2, 0.25) is 0 Å². The summed E-state index contributed by atoms with van der Waals surface area (Å²) in [5.74, 6) is -0.136. The quantitative estimate of drug-likeness (QED) is 0.826. The summed E-state index contributed by atoms with van der Waals surface area (Å²) in [7, 11) is 0. The summed E-state index contributed by atoms with van der Waals surface area (Å²) >= 11 is 1.19. The smallest absolute Gasteiger partial charge is 0.313 e. The number of carbonyl (C=O) groups is 1. The van der Waals surface area contributed by atoms with Crippen molar-refractivity contribution < 1.29 is 9.90 Å². The van der Waals surface area contributed by atoms with E-state index in [1.54, 1.807) is 0 Å². The summed E-state index contributed by atoms with van der Waals surface area (Å²) in [6.07, 6.45) is 0.921. The van der Waals surface area contributed by atoms with Gasteiger partial charge < -0.3 is 9.67 Å². The zero-order valence-electron chi connectivity index (χ0n) is 12.3. The van der Waals surface area contributed by atoms with Crippen molar-refractivity contribution in [1.82, 2.24) is 19.7 Å². The molecule has 0 aliphatic heterocycles. The van der Waals surface area contributed by atoms with Crippen LogP contribution in [0.15, 0.2) is 17.3 Å². The van der Waals surface area contributed by atoms with Crippen LogP contribution in [-0.2, 0) is 11.3 Å². The van der Waals surface area contributed by atoms with E-state index in [0.29, 0.717) is 5.16 Å². The summed E-state index contributed by atoms with van der Waals surface area (Å²) < 4.78 is 1.97. The lowest BCUT2D eigenvalue weighted by atomic mass is 10.1. The van der Waals surface area contributed by atoms with Crippen LogP contribution in [0, 0.1) is 13.8 Å². The van der Waals surface area contributed by atoms with Gasteiger partial charge in [0.15, 0.2) is 11.0 Å². The van der Waals surface area contributed by atoms with E-state index in [2.05, 4.69) is 22.1 Å². The summed E-state index contributed by atoms with van der Waals surface area (Å²) in [5.41, 5.74) is 2.79. The lowest BCUT2D eigenvalue weighted by molar-refractivity contribution is -0.133. The third-order valence-corrected chi connectivity index (χ3v) is 3.91. The zero-order chi connectivity index (χ0) is 15.4. The van der Waals surface area contributed by atoms with Gasteiger partial charge in [-0.25, -0.2) is 0 Å². The second kappa shape index (κ2) is 6.71. The molecule has 6 nitrogen and oxygen atoms in total. The van der Waals surface area contributed by atoms with Crippen molar-refractivity contribution in [3.8, 4) is 11.4 Å². The molecule has 0 atom stereocenters. The number of pyridine rings is 1. The van der Waals surface area contributed by atoms with Gasteiger partial charge in [-0.1, -0.05) is 18.7 Å². The highest BCUT2D eigenvalue weighted by atomic mass is 32.2. The zero-order valence-corrected chi connectivity index (χ0v) is 13.1. The van der Waals surface area contributed by atoms with Crippen LogP contribution >= 0.6 is 11.8 Å². The lowest BCUT2D eigenvalue weighted by Gasteiger charge is -2.10. The standard InChI is InChI=1S/C14H18N4O2S/c1-4-7-18-13(11-6-5-9(2)15-10(11)3)16-17-14(18)21-8-12(19)20/h5-6H,4,7-8H2,1-3H3,(H,19,20). The Morgan fingerprint density at radius 1 is 1.33 bits per heavy atom. The first-order valence-electron chi connectivity index (χ1n) is 6.75. The minimum Gasteiger partial charge on any atom is -0.481 e. The van der Waals surface area contributed by atoms with Gasteiger partial charge in [0.2, 0.25) is 0 Å². The maximum Gasteiger partial charge on any atom is 0.313 e. The van der Waals surface area contributed by atoms with E-state index in [0.717, 1.165) is 35.7 Å². The molecule has 0 amide bonds. The molecule has 21 heavy (non-hydrogen) atoms. The number of hydrogen-bond donors (Lipinski definition) is 1. The highest BCUT2D eigenvalue weighted by molar-refractivity contribution is 7.99. The lowest BCUT2D eigenvalue weighted by Crippen LogP contribution is -2.05. The van der Waals surface area contributed by atoms with Crippen molar-refractivity contribution >= 4 is 17.7 Å². The number of thioether (sulfide) groups is 1. The maximum atomic E-state index is 10.7. The molecule has 7 heteroatoms. The summed E-state index contributed by atoms with van der Waals surface area (Å²) in [5, 5.41) is 17.8. The molecule has 2 aromatic heterocycles. The Labute approximate surface area is 127 Å². The van der Waals surface area contributed by atoms with Crippen molar-refractivity contribution in [2.24, 2.45) is 0 Å². The minimum atomic E-state index is -0.860. The third-order valence-electron chi connectivity index (χ3n) is 2.95. The molecule has 0 bridgehead atoms. The van der Waals surface area contributed by atoms with E-state index in [1.807, 2.05) is 30.5 Å². The maximum absolute atomic E-state index is 10.7. The van der Waals surface area contributed by atoms with E-state index in [9.17, 15) is 4.79 Å². The molecule has 1 N–H and O–H groups in total. The number of carboxylic acid groups (broad SMARTS) is 1. The van der Waals surface area contributed by atoms with Gasteiger partial charge in [0.25, 0.3) is 0 Å². The van der Waals surface area contributed by atoms with Crippen LogP contribution in [-0.4, -0.2) is 36.6 Å². The summed E-state index contributed by atoms with van der Waals surface area (Å²) in [6, 6.07) is 3.93. The number of aryl methyl sites for hydroxylation is 2. The number of carboxylic acids is 1. The van der Waals surface area contributed by atoms with Gasteiger partial charge in [-0.05, 0) is 32.4 Å². The van der Waals surface area contributed by atoms with Crippen LogP contribution in [0.1, 0.15) is 24.7 Å². The molecular formula is C14H18N4O2S. The number of aromatic nitrogens is 4. The van der Waals surface area contributed by atoms with Crippen molar-refractivity contribution in [3.63, 3.8) is 0 Å². The van der Waals surface area contributed by atoms with Crippen LogP contribution in [0.5, 0.6) is 0 Å². The van der Waals surface area contributed by atoms with Gasteiger partial charge in [-0.2, -0.15) is 0 Å². The average Bonchev–Trinajstić information content (AvgIpc) is 2.80. The normalized spacial score (nSPS) is 10.8. The van der Waals surface area contributed by atoms with Gasteiger partial charge in [0.05, 0.1) is 5.75 Å². The fourth-order valence-electron chi connectivity index (χ4n) is 2.07. The van der Waals surface area contributed by atoms with Crippen molar-refractivity contribution in [2.45, 2.75) is 38.9 Å². The Bertz CT molecular complexity index is 654. The first-order chi connectivity index (χ1) is 10.0. The van der Waals surface area contributed by atoms with Gasteiger partial charge in [-0.15, -0.1) is 10.2 Å². The molecule has 0 aromatic carbocycles. The monoisotopic (exact) mass is 306 g/mol. The Balaban J connectivity index is 2.41. The number of aliphatic carboxylic acids is 1.